The third-order valence-corrected chi connectivity index (χ3v) is 2.19. The van der Waals surface area contributed by atoms with Crippen molar-refractivity contribution < 1.29 is 9.59 Å². The Morgan fingerprint density at radius 1 is 1.44 bits per heavy atom. The fourth-order valence-electron chi connectivity index (χ4n) is 1.19. The molecule has 0 atom stereocenters. The van der Waals surface area contributed by atoms with Crippen LogP contribution in [0.25, 0.3) is 0 Å². The zero-order valence-electron chi connectivity index (χ0n) is 9.08. The zero-order chi connectivity index (χ0) is 12.1. The molecule has 4 nitrogen and oxygen atoms in total. The van der Waals surface area contributed by atoms with Gasteiger partial charge < -0.3 is 10.6 Å². The van der Waals surface area contributed by atoms with Crippen molar-refractivity contribution in [3.63, 3.8) is 0 Å². The summed E-state index contributed by atoms with van der Waals surface area (Å²) in [6.07, 6.45) is 0.519. The van der Waals surface area contributed by atoms with E-state index in [-0.39, 0.29) is 11.9 Å². The van der Waals surface area contributed by atoms with Gasteiger partial charge >= 0.3 is 0 Å². The van der Waals surface area contributed by atoms with Crippen LogP contribution in [0.4, 0.5) is 5.69 Å². The van der Waals surface area contributed by atoms with Crippen molar-refractivity contribution in [1.29, 1.82) is 0 Å². The Hall–Kier alpha value is -1.55. The van der Waals surface area contributed by atoms with E-state index in [4.69, 9.17) is 11.6 Å². The normalized spacial score (nSPS) is 10.0. The van der Waals surface area contributed by atoms with Crippen LogP contribution in [-0.2, 0) is 4.79 Å². The third-order valence-electron chi connectivity index (χ3n) is 1.86. The lowest BCUT2D eigenvalue weighted by molar-refractivity contribution is -0.105. The lowest BCUT2D eigenvalue weighted by Crippen LogP contribution is -2.30. The number of benzene rings is 1. The summed E-state index contributed by atoms with van der Waals surface area (Å²) in [5, 5.41) is 5.58. The second kappa shape index (κ2) is 5.51. The van der Waals surface area contributed by atoms with Gasteiger partial charge in [-0.15, -0.1) is 0 Å². The third kappa shape index (κ3) is 3.24. The zero-order valence-corrected chi connectivity index (χ0v) is 9.84. The van der Waals surface area contributed by atoms with Crippen LogP contribution < -0.4 is 10.6 Å². The molecule has 1 aromatic carbocycles. The van der Waals surface area contributed by atoms with E-state index >= 15 is 0 Å². The topological polar surface area (TPSA) is 58.2 Å². The molecule has 2 amide bonds. The largest absolute Gasteiger partial charge is 0.350 e. The van der Waals surface area contributed by atoms with Crippen LogP contribution >= 0.6 is 11.6 Å². The Labute approximate surface area is 99.0 Å². The minimum atomic E-state index is -0.194. The summed E-state index contributed by atoms with van der Waals surface area (Å²) >= 11 is 5.83. The summed E-state index contributed by atoms with van der Waals surface area (Å²) in [5.41, 5.74) is 0.885. The van der Waals surface area contributed by atoms with Gasteiger partial charge in [0.15, 0.2) is 0 Å². The average molecular weight is 241 g/mol. The number of carbonyl (C=O) groups excluding carboxylic acids is 2. The van der Waals surface area contributed by atoms with E-state index in [1.165, 1.54) is 6.07 Å². The molecular weight excluding hydrogens is 228 g/mol. The molecular formula is C11H13ClN2O2. The molecule has 0 aliphatic heterocycles. The van der Waals surface area contributed by atoms with Gasteiger partial charge in [-0.25, -0.2) is 0 Å². The molecule has 0 aromatic heterocycles. The summed E-state index contributed by atoms with van der Waals surface area (Å²) in [5.74, 6) is -0.194. The Balaban J connectivity index is 2.93. The predicted molar refractivity (Wildman–Crippen MR) is 63.7 cm³/mol. The van der Waals surface area contributed by atoms with E-state index in [1.807, 2.05) is 13.8 Å². The molecule has 0 bridgehead atoms. The molecule has 0 saturated heterocycles. The first-order chi connectivity index (χ1) is 7.54. The van der Waals surface area contributed by atoms with Crippen molar-refractivity contribution in [2.75, 3.05) is 5.32 Å². The highest BCUT2D eigenvalue weighted by atomic mass is 35.5. The van der Waals surface area contributed by atoms with Crippen LogP contribution in [0.15, 0.2) is 18.2 Å². The van der Waals surface area contributed by atoms with Gasteiger partial charge in [0.05, 0.1) is 10.7 Å². The van der Waals surface area contributed by atoms with E-state index in [2.05, 4.69) is 10.6 Å². The minimum absolute atomic E-state index is 0.0608. The van der Waals surface area contributed by atoms with Crippen LogP contribution in [0.1, 0.15) is 24.2 Å². The van der Waals surface area contributed by atoms with Crippen molar-refractivity contribution >= 4 is 29.6 Å². The van der Waals surface area contributed by atoms with Gasteiger partial charge in [-0.3, -0.25) is 9.59 Å². The van der Waals surface area contributed by atoms with Crippen molar-refractivity contribution in [2.45, 2.75) is 19.9 Å². The number of halogens is 1. The highest BCUT2D eigenvalue weighted by Gasteiger charge is 2.09. The first-order valence-electron chi connectivity index (χ1n) is 4.85. The number of nitrogens with one attached hydrogen (secondary N) is 2. The lowest BCUT2D eigenvalue weighted by Gasteiger charge is -2.09. The van der Waals surface area contributed by atoms with Gasteiger partial charge in [0.25, 0.3) is 5.91 Å². The molecule has 16 heavy (non-hydrogen) atoms. The molecule has 0 aliphatic rings. The summed E-state index contributed by atoms with van der Waals surface area (Å²) < 4.78 is 0. The Kier molecular flexibility index (Phi) is 4.31. The smallest absolute Gasteiger partial charge is 0.251 e. The van der Waals surface area contributed by atoms with Gasteiger partial charge in [-0.05, 0) is 32.0 Å². The van der Waals surface area contributed by atoms with Crippen LogP contribution in [0, 0.1) is 0 Å². The fourth-order valence-corrected chi connectivity index (χ4v) is 1.36. The number of anilines is 1. The van der Waals surface area contributed by atoms with Crippen LogP contribution in [0.3, 0.4) is 0 Å². The van der Waals surface area contributed by atoms with Gasteiger partial charge in [-0.2, -0.15) is 0 Å². The molecule has 0 aliphatic carbocycles. The summed E-state index contributed by atoms with van der Waals surface area (Å²) in [7, 11) is 0. The monoisotopic (exact) mass is 240 g/mol. The molecule has 0 spiro atoms. The summed E-state index contributed by atoms with van der Waals surface area (Å²) in [6, 6.07) is 4.78. The van der Waals surface area contributed by atoms with Crippen LogP contribution in [0.5, 0.6) is 0 Å². The number of hydrogen-bond acceptors (Lipinski definition) is 2. The molecule has 0 saturated carbocycles. The van der Waals surface area contributed by atoms with E-state index in [1.54, 1.807) is 12.1 Å². The maximum Gasteiger partial charge on any atom is 0.251 e. The molecule has 0 radical (unpaired) electrons. The second-order valence-electron chi connectivity index (χ2n) is 3.58. The van der Waals surface area contributed by atoms with Crippen molar-refractivity contribution in [3.8, 4) is 0 Å². The summed E-state index contributed by atoms with van der Waals surface area (Å²) in [4.78, 5) is 22.0. The molecule has 1 aromatic rings. The minimum Gasteiger partial charge on any atom is -0.350 e. The predicted octanol–water partition coefficient (Wildman–Crippen LogP) is 2.05. The Morgan fingerprint density at radius 2 is 2.12 bits per heavy atom. The Bertz CT molecular complexity index is 405. The van der Waals surface area contributed by atoms with Crippen molar-refractivity contribution in [2.24, 2.45) is 0 Å². The number of carbonyl (C=O) groups is 2. The summed E-state index contributed by atoms with van der Waals surface area (Å²) in [6.45, 7) is 3.75. The first kappa shape index (κ1) is 12.5. The fraction of sp³-hybridized carbons (Fsp3) is 0.273. The van der Waals surface area contributed by atoms with E-state index < -0.39 is 0 Å². The Morgan fingerprint density at radius 3 is 2.69 bits per heavy atom. The second-order valence-corrected chi connectivity index (χ2v) is 3.99. The molecule has 0 unspecified atom stereocenters. The van der Waals surface area contributed by atoms with Gasteiger partial charge in [0.2, 0.25) is 6.41 Å². The lowest BCUT2D eigenvalue weighted by atomic mass is 10.2. The standard InChI is InChI=1S/C11H13ClN2O2/c1-7(2)14-11(16)8-3-4-9(12)10(5-8)13-6-15/h3-7H,1-2H3,(H,13,15)(H,14,16). The number of rotatable bonds is 4. The van der Waals surface area contributed by atoms with Crippen LogP contribution in [0.2, 0.25) is 5.02 Å². The van der Waals surface area contributed by atoms with Crippen LogP contribution in [-0.4, -0.2) is 18.4 Å². The first-order valence-corrected chi connectivity index (χ1v) is 5.23. The van der Waals surface area contributed by atoms with Crippen molar-refractivity contribution in [3.05, 3.63) is 28.8 Å². The van der Waals surface area contributed by atoms with E-state index in [9.17, 15) is 9.59 Å². The van der Waals surface area contributed by atoms with E-state index in [0.29, 0.717) is 22.7 Å². The van der Waals surface area contributed by atoms with Gasteiger partial charge in [-0.1, -0.05) is 11.6 Å². The molecule has 0 fully saturated rings. The van der Waals surface area contributed by atoms with Crippen molar-refractivity contribution in [1.82, 2.24) is 5.32 Å². The SMILES string of the molecule is CC(C)NC(=O)c1ccc(Cl)c(NC=O)c1. The molecule has 5 heteroatoms. The highest BCUT2D eigenvalue weighted by molar-refractivity contribution is 6.33. The average Bonchev–Trinajstić information content (AvgIpc) is 2.20. The maximum absolute atomic E-state index is 11.7. The maximum atomic E-state index is 11.7. The highest BCUT2D eigenvalue weighted by Crippen LogP contribution is 2.22. The molecule has 0 heterocycles. The molecule has 1 rings (SSSR count). The van der Waals surface area contributed by atoms with E-state index in [0.717, 1.165) is 0 Å². The quantitative estimate of drug-likeness (QED) is 0.792. The van der Waals surface area contributed by atoms with Gasteiger partial charge in [0.1, 0.15) is 0 Å². The number of amides is 2. The number of hydrogen-bond donors (Lipinski definition) is 2. The van der Waals surface area contributed by atoms with Gasteiger partial charge in [0, 0.05) is 11.6 Å². The molecule has 2 N–H and O–H groups in total. The molecule has 86 valence electrons.